The van der Waals surface area contributed by atoms with Gasteiger partial charge in [0.05, 0.1) is 6.04 Å². The van der Waals surface area contributed by atoms with Crippen LogP contribution >= 0.6 is 0 Å². The Hall–Kier alpha value is -2.62. The fourth-order valence-electron chi connectivity index (χ4n) is 3.92. The highest BCUT2D eigenvalue weighted by atomic mass is 19.1. The van der Waals surface area contributed by atoms with Gasteiger partial charge in [0.25, 0.3) is 0 Å². The van der Waals surface area contributed by atoms with Crippen LogP contribution < -0.4 is 0 Å². The Kier molecular flexibility index (Phi) is 4.49. The third kappa shape index (κ3) is 3.24. The summed E-state index contributed by atoms with van der Waals surface area (Å²) < 4.78 is 19.4. The van der Waals surface area contributed by atoms with Gasteiger partial charge in [-0.05, 0) is 54.5 Å². The standard InChI is InChI=1S/C22H22FNO2/c1-15-7-8-17(13-21(15)23)18-11-19-9-10-20(12-18)24(19)22(25)26-14-16-5-3-2-4-6-16/h2-8,11,13,19-20H,9-10,12,14H2,1H3. The molecule has 1 amide bonds. The molecule has 0 aliphatic carbocycles. The maximum atomic E-state index is 13.9. The smallest absolute Gasteiger partial charge is 0.410 e. The van der Waals surface area contributed by atoms with Gasteiger partial charge in [-0.3, -0.25) is 4.90 Å². The van der Waals surface area contributed by atoms with E-state index in [1.54, 1.807) is 13.0 Å². The van der Waals surface area contributed by atoms with Crippen LogP contribution in [0.1, 0.15) is 36.0 Å². The lowest BCUT2D eigenvalue weighted by Gasteiger charge is -2.33. The highest BCUT2D eigenvalue weighted by molar-refractivity contribution is 5.75. The van der Waals surface area contributed by atoms with Crippen molar-refractivity contribution in [3.05, 3.63) is 77.1 Å². The minimum absolute atomic E-state index is 0.0383. The molecule has 2 aliphatic rings. The van der Waals surface area contributed by atoms with E-state index in [0.717, 1.165) is 36.0 Å². The summed E-state index contributed by atoms with van der Waals surface area (Å²) >= 11 is 0. The first-order valence-electron chi connectivity index (χ1n) is 9.08. The first-order chi connectivity index (χ1) is 12.6. The first kappa shape index (κ1) is 16.8. The monoisotopic (exact) mass is 351 g/mol. The van der Waals surface area contributed by atoms with Gasteiger partial charge in [0, 0.05) is 6.04 Å². The molecule has 2 heterocycles. The van der Waals surface area contributed by atoms with Crippen molar-refractivity contribution in [1.82, 2.24) is 4.90 Å². The van der Waals surface area contributed by atoms with Crippen LogP contribution in [0.2, 0.25) is 0 Å². The van der Waals surface area contributed by atoms with E-state index in [0.29, 0.717) is 5.56 Å². The lowest BCUT2D eigenvalue weighted by Crippen LogP contribution is -2.43. The first-order valence-corrected chi connectivity index (χ1v) is 9.08. The van der Waals surface area contributed by atoms with Crippen molar-refractivity contribution >= 4 is 11.7 Å². The van der Waals surface area contributed by atoms with E-state index in [-0.39, 0.29) is 30.6 Å². The Morgan fingerprint density at radius 1 is 1.19 bits per heavy atom. The molecule has 2 aromatic carbocycles. The van der Waals surface area contributed by atoms with Gasteiger partial charge in [0.1, 0.15) is 12.4 Å². The third-order valence-corrected chi connectivity index (χ3v) is 5.35. The maximum absolute atomic E-state index is 13.9. The summed E-state index contributed by atoms with van der Waals surface area (Å²) in [4.78, 5) is 14.4. The zero-order chi connectivity index (χ0) is 18.1. The van der Waals surface area contributed by atoms with Crippen LogP contribution in [0, 0.1) is 12.7 Å². The Bertz CT molecular complexity index is 846. The number of amides is 1. The van der Waals surface area contributed by atoms with Crippen LogP contribution in [0.15, 0.2) is 54.6 Å². The molecule has 2 bridgehead atoms. The van der Waals surface area contributed by atoms with Gasteiger partial charge in [-0.1, -0.05) is 48.5 Å². The van der Waals surface area contributed by atoms with Crippen LogP contribution in [-0.2, 0) is 11.3 Å². The molecule has 0 saturated carbocycles. The molecular weight excluding hydrogens is 329 g/mol. The lowest BCUT2D eigenvalue weighted by atomic mass is 9.94. The summed E-state index contributed by atoms with van der Waals surface area (Å²) in [6.45, 7) is 2.05. The molecule has 2 aliphatic heterocycles. The number of fused-ring (bicyclic) bond motifs is 2. The maximum Gasteiger partial charge on any atom is 0.410 e. The van der Waals surface area contributed by atoms with E-state index in [2.05, 4.69) is 6.08 Å². The summed E-state index contributed by atoms with van der Waals surface area (Å²) in [5, 5.41) is 0. The van der Waals surface area contributed by atoms with Crippen LogP contribution in [0.4, 0.5) is 9.18 Å². The highest BCUT2D eigenvalue weighted by Gasteiger charge is 2.40. The fraction of sp³-hybridized carbons (Fsp3) is 0.318. The minimum atomic E-state index is -0.258. The molecule has 2 aromatic rings. The molecule has 2 atom stereocenters. The molecule has 4 rings (SSSR count). The van der Waals surface area contributed by atoms with Gasteiger partial charge in [-0.15, -0.1) is 0 Å². The summed E-state index contributed by atoms with van der Waals surface area (Å²) in [7, 11) is 0. The molecule has 0 radical (unpaired) electrons. The molecule has 4 heteroatoms. The van der Waals surface area contributed by atoms with Crippen LogP contribution in [-0.4, -0.2) is 23.1 Å². The molecule has 26 heavy (non-hydrogen) atoms. The van der Waals surface area contributed by atoms with Gasteiger partial charge in [0.2, 0.25) is 0 Å². The Balaban J connectivity index is 1.47. The SMILES string of the molecule is Cc1ccc(C2=CC3CCC(C2)N3C(=O)OCc2ccccc2)cc1F. The van der Waals surface area contributed by atoms with Gasteiger partial charge >= 0.3 is 6.09 Å². The zero-order valence-corrected chi connectivity index (χ0v) is 14.8. The molecule has 0 aromatic heterocycles. The van der Waals surface area contributed by atoms with Crippen LogP contribution in [0.3, 0.4) is 0 Å². The van der Waals surface area contributed by atoms with Crippen molar-refractivity contribution in [2.45, 2.75) is 44.9 Å². The summed E-state index contributed by atoms with van der Waals surface area (Å²) in [6.07, 6.45) is 4.49. The molecule has 0 spiro atoms. The predicted octanol–water partition coefficient (Wildman–Crippen LogP) is 5.09. The molecule has 2 unspecified atom stereocenters. The van der Waals surface area contributed by atoms with Gasteiger partial charge in [-0.2, -0.15) is 0 Å². The van der Waals surface area contributed by atoms with Crippen molar-refractivity contribution < 1.29 is 13.9 Å². The van der Waals surface area contributed by atoms with Crippen LogP contribution in [0.25, 0.3) is 5.57 Å². The van der Waals surface area contributed by atoms with Crippen molar-refractivity contribution in [2.75, 3.05) is 0 Å². The lowest BCUT2D eigenvalue weighted by molar-refractivity contribution is 0.0832. The summed E-state index contributed by atoms with van der Waals surface area (Å²) in [5.74, 6) is -0.180. The topological polar surface area (TPSA) is 29.5 Å². The van der Waals surface area contributed by atoms with Crippen molar-refractivity contribution in [2.24, 2.45) is 0 Å². The second-order valence-electron chi connectivity index (χ2n) is 7.11. The zero-order valence-electron chi connectivity index (χ0n) is 14.8. The average molecular weight is 351 g/mol. The molecule has 3 nitrogen and oxygen atoms in total. The number of nitrogens with zero attached hydrogens (tertiary/aromatic N) is 1. The number of aryl methyl sites for hydroxylation is 1. The van der Waals surface area contributed by atoms with E-state index in [1.807, 2.05) is 47.4 Å². The van der Waals surface area contributed by atoms with E-state index >= 15 is 0 Å². The number of hydrogen-bond acceptors (Lipinski definition) is 2. The Labute approximate surface area is 153 Å². The number of halogens is 1. The second-order valence-corrected chi connectivity index (χ2v) is 7.11. The number of benzene rings is 2. The number of ether oxygens (including phenoxy) is 1. The molecular formula is C22H22FNO2. The van der Waals surface area contributed by atoms with E-state index < -0.39 is 0 Å². The minimum Gasteiger partial charge on any atom is -0.445 e. The quantitative estimate of drug-likeness (QED) is 0.771. The second kappa shape index (κ2) is 6.94. The van der Waals surface area contributed by atoms with E-state index in [9.17, 15) is 9.18 Å². The van der Waals surface area contributed by atoms with E-state index in [1.165, 1.54) is 0 Å². The Morgan fingerprint density at radius 3 is 2.73 bits per heavy atom. The molecule has 1 fully saturated rings. The normalized spacial score (nSPS) is 21.5. The molecule has 1 saturated heterocycles. The Morgan fingerprint density at radius 2 is 2.00 bits per heavy atom. The number of carbonyl (C=O) groups is 1. The predicted molar refractivity (Wildman–Crippen MR) is 99.0 cm³/mol. The largest absolute Gasteiger partial charge is 0.445 e. The molecule has 134 valence electrons. The van der Waals surface area contributed by atoms with Crippen molar-refractivity contribution in [3.8, 4) is 0 Å². The van der Waals surface area contributed by atoms with Crippen molar-refractivity contribution in [1.29, 1.82) is 0 Å². The highest BCUT2D eigenvalue weighted by Crippen LogP contribution is 2.39. The van der Waals surface area contributed by atoms with Gasteiger partial charge < -0.3 is 4.74 Å². The molecule has 0 N–H and O–H groups in total. The number of carbonyl (C=O) groups excluding carboxylic acids is 1. The van der Waals surface area contributed by atoms with E-state index in [4.69, 9.17) is 4.74 Å². The van der Waals surface area contributed by atoms with Gasteiger partial charge in [0.15, 0.2) is 0 Å². The van der Waals surface area contributed by atoms with Crippen LogP contribution in [0.5, 0.6) is 0 Å². The fourth-order valence-corrected chi connectivity index (χ4v) is 3.92. The summed E-state index contributed by atoms with van der Waals surface area (Å²) in [6, 6.07) is 15.3. The van der Waals surface area contributed by atoms with Gasteiger partial charge in [-0.25, -0.2) is 9.18 Å². The third-order valence-electron chi connectivity index (χ3n) is 5.35. The number of rotatable bonds is 3. The summed E-state index contributed by atoms with van der Waals surface area (Å²) in [5.41, 5.74) is 3.68. The van der Waals surface area contributed by atoms with Crippen molar-refractivity contribution in [3.63, 3.8) is 0 Å². The average Bonchev–Trinajstić information content (AvgIpc) is 2.92. The number of hydrogen-bond donors (Lipinski definition) is 0.